The van der Waals surface area contributed by atoms with E-state index in [2.05, 4.69) is 12.2 Å². The van der Waals surface area contributed by atoms with Crippen molar-refractivity contribution in [3.8, 4) is 0 Å². The Morgan fingerprint density at radius 1 is 1.24 bits per heavy atom. The third-order valence-electron chi connectivity index (χ3n) is 6.61. The molecular weight excluding hydrogens is 338 g/mol. The summed E-state index contributed by atoms with van der Waals surface area (Å²) < 4.78 is 33.1. The van der Waals surface area contributed by atoms with E-state index >= 15 is 0 Å². The zero-order chi connectivity index (χ0) is 17.4. The fraction of sp³-hybridized carbons (Fsp3) is 0.526. The minimum Gasteiger partial charge on any atom is -0.361 e. The first-order valence-corrected chi connectivity index (χ1v) is 10.3. The number of Topliss-reactive ketones (excluding diaryl/α,β-unsaturated/α-hetero) is 1. The third-order valence-corrected chi connectivity index (χ3v) is 8.49. The Morgan fingerprint density at radius 3 is 2.64 bits per heavy atom. The lowest BCUT2D eigenvalue weighted by molar-refractivity contribution is -0.145. The van der Waals surface area contributed by atoms with E-state index in [0.717, 1.165) is 12.0 Å². The van der Waals surface area contributed by atoms with Crippen molar-refractivity contribution in [1.82, 2.24) is 4.31 Å². The van der Waals surface area contributed by atoms with Gasteiger partial charge in [0.1, 0.15) is 0 Å². The van der Waals surface area contributed by atoms with Crippen LogP contribution in [0.15, 0.2) is 41.3 Å². The average molecular weight is 359 g/mol. The van der Waals surface area contributed by atoms with Gasteiger partial charge < -0.3 is 4.74 Å². The number of nitrogens with zero attached hydrogens (tertiary/aromatic N) is 1. The normalized spacial score (nSPS) is 39.6. The van der Waals surface area contributed by atoms with E-state index in [-0.39, 0.29) is 17.6 Å². The van der Waals surface area contributed by atoms with Crippen molar-refractivity contribution in [3.05, 3.63) is 42.0 Å². The Kier molecular flexibility index (Phi) is 3.03. The second kappa shape index (κ2) is 4.81. The fourth-order valence-corrected chi connectivity index (χ4v) is 6.46. The second-order valence-corrected chi connectivity index (χ2v) is 9.81. The van der Waals surface area contributed by atoms with Crippen LogP contribution in [0.2, 0.25) is 0 Å². The molecule has 0 radical (unpaired) electrons. The number of ether oxygens (including phenoxy) is 1. The molecule has 2 spiro atoms. The van der Waals surface area contributed by atoms with Crippen LogP contribution >= 0.6 is 0 Å². The van der Waals surface area contributed by atoms with Crippen LogP contribution in [0.1, 0.15) is 18.4 Å². The molecule has 5 aliphatic rings. The Morgan fingerprint density at radius 2 is 1.96 bits per heavy atom. The van der Waals surface area contributed by atoms with Crippen molar-refractivity contribution < 1.29 is 17.9 Å². The van der Waals surface area contributed by atoms with Crippen LogP contribution in [-0.2, 0) is 19.6 Å². The highest BCUT2D eigenvalue weighted by atomic mass is 32.2. The van der Waals surface area contributed by atoms with Crippen LogP contribution < -0.4 is 0 Å². The molecule has 2 aliphatic heterocycles. The Bertz CT molecular complexity index is 885. The molecule has 0 aromatic heterocycles. The number of ketones is 1. The van der Waals surface area contributed by atoms with Crippen LogP contribution in [0.25, 0.3) is 0 Å². The molecule has 6 heteroatoms. The summed E-state index contributed by atoms with van der Waals surface area (Å²) in [7, 11) is -3.51. The summed E-state index contributed by atoms with van der Waals surface area (Å²) in [5.41, 5.74) is -0.0695. The van der Waals surface area contributed by atoms with E-state index < -0.39 is 21.0 Å². The van der Waals surface area contributed by atoms with Crippen LogP contribution in [0, 0.1) is 24.2 Å². The molecule has 0 N–H and O–H groups in total. The number of hydrogen-bond acceptors (Lipinski definition) is 4. The first-order chi connectivity index (χ1) is 11.9. The molecule has 1 aromatic carbocycles. The number of epoxide rings is 1. The van der Waals surface area contributed by atoms with Gasteiger partial charge in [0, 0.05) is 19.0 Å². The van der Waals surface area contributed by atoms with Gasteiger partial charge in [0.05, 0.1) is 16.9 Å². The molecule has 2 heterocycles. The fourth-order valence-electron chi connectivity index (χ4n) is 4.97. The summed E-state index contributed by atoms with van der Waals surface area (Å²) in [5, 5.41) is 0. The highest BCUT2D eigenvalue weighted by molar-refractivity contribution is 7.89. The quantitative estimate of drug-likeness (QED) is 0.598. The minimum atomic E-state index is -3.51. The van der Waals surface area contributed by atoms with Crippen molar-refractivity contribution >= 4 is 15.8 Å². The largest absolute Gasteiger partial charge is 0.361 e. The topological polar surface area (TPSA) is 67.0 Å². The molecule has 0 amide bonds. The first kappa shape index (κ1) is 15.7. The van der Waals surface area contributed by atoms with E-state index in [9.17, 15) is 13.2 Å². The minimum absolute atomic E-state index is 0.0544. The maximum absolute atomic E-state index is 13.0. The van der Waals surface area contributed by atoms with Crippen molar-refractivity contribution in [2.75, 3.05) is 19.7 Å². The Hall–Kier alpha value is -1.50. The predicted octanol–water partition coefficient (Wildman–Crippen LogP) is 1.92. The summed E-state index contributed by atoms with van der Waals surface area (Å²) in [6, 6.07) is 6.98. The number of piperidine rings is 1. The van der Waals surface area contributed by atoms with Gasteiger partial charge in [0.15, 0.2) is 11.4 Å². The van der Waals surface area contributed by atoms with Gasteiger partial charge >= 0.3 is 0 Å². The number of carbonyl (C=O) groups excluding carboxylic acids is 1. The number of benzene rings is 1. The zero-order valence-electron chi connectivity index (χ0n) is 14.1. The maximum atomic E-state index is 13.0. The number of hydrogen-bond donors (Lipinski definition) is 0. The molecule has 4 unspecified atom stereocenters. The summed E-state index contributed by atoms with van der Waals surface area (Å²) >= 11 is 0. The molecular formula is C19H21NO4S. The summed E-state index contributed by atoms with van der Waals surface area (Å²) in [4.78, 5) is 13.4. The maximum Gasteiger partial charge on any atom is 0.243 e. The third kappa shape index (κ3) is 1.96. The molecule has 2 bridgehead atoms. The zero-order valence-corrected chi connectivity index (χ0v) is 15.0. The standard InChI is InChI=1S/C19H21NO4S/c1-13-2-4-16(5-3-13)25(22,23)20-9-8-18-7-6-14(10-15(18)11-20)19(12-24-19)17(18)21/h2-7,14-15H,8-12H2,1H3. The monoisotopic (exact) mass is 359 g/mol. The average Bonchev–Trinajstić information content (AvgIpc) is 3.40. The lowest BCUT2D eigenvalue weighted by atomic mass is 9.52. The van der Waals surface area contributed by atoms with Crippen LogP contribution in [-0.4, -0.2) is 43.8 Å². The van der Waals surface area contributed by atoms with Gasteiger partial charge in [-0.3, -0.25) is 4.79 Å². The lowest BCUT2D eigenvalue weighted by Gasteiger charge is -2.53. The van der Waals surface area contributed by atoms with Crippen LogP contribution in [0.5, 0.6) is 0 Å². The van der Waals surface area contributed by atoms with Crippen LogP contribution in [0.3, 0.4) is 0 Å². The molecule has 2 saturated heterocycles. The molecule has 1 saturated carbocycles. The molecule has 25 heavy (non-hydrogen) atoms. The summed E-state index contributed by atoms with van der Waals surface area (Å²) in [6.45, 7) is 3.26. The number of sulfonamides is 1. The number of rotatable bonds is 2. The molecule has 6 rings (SSSR count). The number of carbonyl (C=O) groups is 1. The summed E-state index contributed by atoms with van der Waals surface area (Å²) in [5.74, 6) is 0.351. The van der Waals surface area contributed by atoms with Gasteiger partial charge in [0.2, 0.25) is 10.0 Å². The predicted molar refractivity (Wildman–Crippen MR) is 91.4 cm³/mol. The second-order valence-electron chi connectivity index (χ2n) is 7.87. The smallest absolute Gasteiger partial charge is 0.243 e. The molecule has 5 nitrogen and oxygen atoms in total. The molecule has 1 aromatic rings. The van der Waals surface area contributed by atoms with E-state index in [1.54, 1.807) is 16.4 Å². The SMILES string of the molecule is Cc1ccc(S(=O)(=O)N2CCC34C=CC(CC3C2)C2(CO2)C4=O)cc1. The van der Waals surface area contributed by atoms with E-state index in [0.29, 0.717) is 31.0 Å². The van der Waals surface area contributed by atoms with Gasteiger partial charge in [-0.2, -0.15) is 4.31 Å². The van der Waals surface area contributed by atoms with Gasteiger partial charge in [-0.05, 0) is 37.8 Å². The van der Waals surface area contributed by atoms with Crippen molar-refractivity contribution in [2.45, 2.75) is 30.3 Å². The highest BCUT2D eigenvalue weighted by Crippen LogP contribution is 2.60. The Balaban J connectivity index is 1.45. The Labute approximate surface area is 147 Å². The summed E-state index contributed by atoms with van der Waals surface area (Å²) in [6.07, 6.45) is 5.57. The highest BCUT2D eigenvalue weighted by Gasteiger charge is 2.70. The van der Waals surface area contributed by atoms with Gasteiger partial charge in [0.25, 0.3) is 0 Å². The van der Waals surface area contributed by atoms with E-state index in [1.165, 1.54) is 0 Å². The van der Waals surface area contributed by atoms with Crippen molar-refractivity contribution in [2.24, 2.45) is 17.3 Å². The van der Waals surface area contributed by atoms with Crippen molar-refractivity contribution in [3.63, 3.8) is 0 Å². The lowest BCUT2D eigenvalue weighted by Crippen LogP contribution is -2.62. The van der Waals surface area contributed by atoms with Gasteiger partial charge in [-0.15, -0.1) is 0 Å². The molecule has 4 atom stereocenters. The van der Waals surface area contributed by atoms with Crippen LogP contribution in [0.4, 0.5) is 0 Å². The van der Waals surface area contributed by atoms with Gasteiger partial charge in [-0.1, -0.05) is 29.8 Å². The van der Waals surface area contributed by atoms with E-state index in [1.807, 2.05) is 19.1 Å². The number of aryl methyl sites for hydroxylation is 1. The van der Waals surface area contributed by atoms with Gasteiger partial charge in [-0.25, -0.2) is 8.42 Å². The molecule has 3 aliphatic carbocycles. The molecule has 3 fully saturated rings. The first-order valence-electron chi connectivity index (χ1n) is 8.84. The van der Waals surface area contributed by atoms with E-state index in [4.69, 9.17) is 4.74 Å². The number of allylic oxidation sites excluding steroid dienone is 1. The van der Waals surface area contributed by atoms with Crippen molar-refractivity contribution in [1.29, 1.82) is 0 Å². The molecule has 132 valence electrons.